The molecule has 2 rings (SSSR count). The molecule has 0 amide bonds. The van der Waals surface area contributed by atoms with E-state index in [9.17, 15) is 19.6 Å². The highest BCUT2D eigenvalue weighted by molar-refractivity contribution is 5.46. The van der Waals surface area contributed by atoms with Gasteiger partial charge in [0.2, 0.25) is 0 Å². The summed E-state index contributed by atoms with van der Waals surface area (Å²) in [5.41, 5.74) is 0.765. The minimum Gasteiger partial charge on any atom is -0.457 e. The maximum absolute atomic E-state index is 13.2. The highest BCUT2D eigenvalue weighted by atomic mass is 19.1. The van der Waals surface area contributed by atoms with Gasteiger partial charge in [-0.15, -0.1) is 0 Å². The van der Waals surface area contributed by atoms with Crippen molar-refractivity contribution in [2.24, 2.45) is 0 Å². The van der Waals surface area contributed by atoms with E-state index in [-0.39, 0.29) is 5.69 Å². The predicted molar refractivity (Wildman–Crippen MR) is 74.9 cm³/mol. The van der Waals surface area contributed by atoms with E-state index in [1.807, 2.05) is 0 Å². The SMILES string of the molecule is Cc1cc(Oc2ccc(F)cc2[C@H](C)O)ccc1[N+](=O)[O-]. The molecule has 1 N–H and O–H groups in total. The smallest absolute Gasteiger partial charge is 0.272 e. The monoisotopic (exact) mass is 291 g/mol. The number of ether oxygens (including phenoxy) is 1. The van der Waals surface area contributed by atoms with E-state index in [0.29, 0.717) is 22.6 Å². The average molecular weight is 291 g/mol. The van der Waals surface area contributed by atoms with E-state index >= 15 is 0 Å². The first kappa shape index (κ1) is 14.9. The van der Waals surface area contributed by atoms with Crippen LogP contribution in [-0.2, 0) is 0 Å². The summed E-state index contributed by atoms with van der Waals surface area (Å²) in [5, 5.41) is 20.4. The van der Waals surface area contributed by atoms with Crippen LogP contribution < -0.4 is 4.74 Å². The molecule has 2 aromatic rings. The number of nitro benzene ring substituents is 1. The minimum absolute atomic E-state index is 0.00259. The third-order valence-corrected chi connectivity index (χ3v) is 3.01. The molecule has 110 valence electrons. The molecule has 0 fully saturated rings. The molecule has 0 spiro atoms. The van der Waals surface area contributed by atoms with Gasteiger partial charge in [-0.1, -0.05) is 0 Å². The van der Waals surface area contributed by atoms with Crippen LogP contribution in [0.2, 0.25) is 0 Å². The summed E-state index contributed by atoms with van der Waals surface area (Å²) in [7, 11) is 0. The van der Waals surface area contributed by atoms with Crippen molar-refractivity contribution in [2.75, 3.05) is 0 Å². The van der Waals surface area contributed by atoms with Crippen molar-refractivity contribution >= 4 is 5.69 Å². The fourth-order valence-electron chi connectivity index (χ4n) is 1.96. The van der Waals surface area contributed by atoms with E-state index < -0.39 is 16.8 Å². The molecule has 0 unspecified atom stereocenters. The molecule has 0 radical (unpaired) electrons. The molecule has 2 aromatic carbocycles. The number of hydrogen-bond donors (Lipinski definition) is 1. The summed E-state index contributed by atoms with van der Waals surface area (Å²) in [6, 6.07) is 8.15. The van der Waals surface area contributed by atoms with Gasteiger partial charge >= 0.3 is 0 Å². The van der Waals surface area contributed by atoms with Crippen molar-refractivity contribution in [3.8, 4) is 11.5 Å². The molecular formula is C15H14FNO4. The van der Waals surface area contributed by atoms with Gasteiger partial charge in [0.05, 0.1) is 11.0 Å². The molecule has 0 heterocycles. The number of benzene rings is 2. The maximum atomic E-state index is 13.2. The largest absolute Gasteiger partial charge is 0.457 e. The van der Waals surface area contributed by atoms with Gasteiger partial charge in [0.15, 0.2) is 0 Å². The highest BCUT2D eigenvalue weighted by Crippen LogP contribution is 2.32. The summed E-state index contributed by atoms with van der Waals surface area (Å²) in [4.78, 5) is 10.3. The third-order valence-electron chi connectivity index (χ3n) is 3.01. The van der Waals surface area contributed by atoms with Gasteiger partial charge in [0, 0.05) is 17.2 Å². The zero-order valence-corrected chi connectivity index (χ0v) is 11.5. The average Bonchev–Trinajstić information content (AvgIpc) is 2.40. The first-order valence-electron chi connectivity index (χ1n) is 6.29. The Morgan fingerprint density at radius 3 is 2.57 bits per heavy atom. The second-order valence-electron chi connectivity index (χ2n) is 4.67. The van der Waals surface area contributed by atoms with Crippen molar-refractivity contribution in [2.45, 2.75) is 20.0 Å². The zero-order valence-electron chi connectivity index (χ0n) is 11.5. The van der Waals surface area contributed by atoms with Gasteiger partial charge in [0.1, 0.15) is 17.3 Å². The van der Waals surface area contributed by atoms with Crippen molar-refractivity contribution < 1.29 is 19.2 Å². The molecule has 5 nitrogen and oxygen atoms in total. The predicted octanol–water partition coefficient (Wildman–Crippen LogP) is 3.89. The lowest BCUT2D eigenvalue weighted by atomic mass is 10.1. The van der Waals surface area contributed by atoms with Gasteiger partial charge in [-0.05, 0) is 44.2 Å². The van der Waals surface area contributed by atoms with Crippen LogP contribution in [0, 0.1) is 22.9 Å². The Bertz CT molecular complexity index is 685. The molecule has 1 atom stereocenters. The van der Waals surface area contributed by atoms with E-state index in [1.165, 1.54) is 43.3 Å². The Labute approximate surface area is 120 Å². The first-order chi connectivity index (χ1) is 9.88. The Morgan fingerprint density at radius 1 is 1.29 bits per heavy atom. The quantitative estimate of drug-likeness (QED) is 0.685. The van der Waals surface area contributed by atoms with Crippen molar-refractivity contribution in [1.82, 2.24) is 0 Å². The summed E-state index contributed by atoms with van der Waals surface area (Å²) >= 11 is 0. The topological polar surface area (TPSA) is 72.6 Å². The van der Waals surface area contributed by atoms with Crippen molar-refractivity contribution in [1.29, 1.82) is 0 Å². The number of nitro groups is 1. The van der Waals surface area contributed by atoms with Gasteiger partial charge in [0.25, 0.3) is 5.69 Å². The lowest BCUT2D eigenvalue weighted by Crippen LogP contribution is -1.98. The van der Waals surface area contributed by atoms with Crippen LogP contribution in [-0.4, -0.2) is 10.0 Å². The number of halogens is 1. The van der Waals surface area contributed by atoms with Gasteiger partial charge in [-0.3, -0.25) is 10.1 Å². The maximum Gasteiger partial charge on any atom is 0.272 e. The molecule has 0 saturated heterocycles. The van der Waals surface area contributed by atoms with Crippen molar-refractivity contribution in [3.63, 3.8) is 0 Å². The van der Waals surface area contributed by atoms with Crippen LogP contribution in [0.1, 0.15) is 24.2 Å². The number of aliphatic hydroxyl groups is 1. The lowest BCUT2D eigenvalue weighted by molar-refractivity contribution is -0.385. The molecule has 0 aliphatic rings. The van der Waals surface area contributed by atoms with Gasteiger partial charge in [-0.25, -0.2) is 4.39 Å². The van der Waals surface area contributed by atoms with Gasteiger partial charge in [-0.2, -0.15) is 0 Å². The Kier molecular flexibility index (Phi) is 4.18. The Balaban J connectivity index is 2.34. The number of nitrogens with zero attached hydrogens (tertiary/aromatic N) is 1. The molecule has 21 heavy (non-hydrogen) atoms. The van der Waals surface area contributed by atoms with Crippen LogP contribution in [0.15, 0.2) is 36.4 Å². The van der Waals surface area contributed by atoms with Gasteiger partial charge < -0.3 is 9.84 Å². The lowest BCUT2D eigenvalue weighted by Gasteiger charge is -2.13. The summed E-state index contributed by atoms with van der Waals surface area (Å²) < 4.78 is 18.8. The normalized spacial score (nSPS) is 12.0. The number of aryl methyl sites for hydroxylation is 1. The number of aliphatic hydroxyl groups excluding tert-OH is 1. The van der Waals surface area contributed by atoms with Crippen LogP contribution in [0.5, 0.6) is 11.5 Å². The zero-order chi connectivity index (χ0) is 15.6. The van der Waals surface area contributed by atoms with Crippen LogP contribution in [0.25, 0.3) is 0 Å². The fraction of sp³-hybridized carbons (Fsp3) is 0.200. The third kappa shape index (κ3) is 3.35. The standard InChI is InChI=1S/C15H14FNO4/c1-9-7-12(4-5-14(9)17(19)20)21-15-6-3-11(16)8-13(15)10(2)18/h3-8,10,18H,1-2H3/t10-/m0/s1. The Hall–Kier alpha value is -2.47. The minimum atomic E-state index is -0.894. The highest BCUT2D eigenvalue weighted by Gasteiger charge is 2.14. The second kappa shape index (κ2) is 5.88. The second-order valence-corrected chi connectivity index (χ2v) is 4.67. The summed E-state index contributed by atoms with van der Waals surface area (Å²) in [5.74, 6) is 0.212. The number of rotatable bonds is 4. The van der Waals surface area contributed by atoms with E-state index in [4.69, 9.17) is 4.74 Å². The van der Waals surface area contributed by atoms with Crippen LogP contribution in [0.4, 0.5) is 10.1 Å². The molecule has 0 bridgehead atoms. The van der Waals surface area contributed by atoms with E-state index in [0.717, 1.165) is 0 Å². The molecule has 6 heteroatoms. The first-order valence-corrected chi connectivity index (χ1v) is 6.29. The van der Waals surface area contributed by atoms with E-state index in [1.54, 1.807) is 6.92 Å². The molecule has 0 aromatic heterocycles. The van der Waals surface area contributed by atoms with Crippen molar-refractivity contribution in [3.05, 3.63) is 63.5 Å². The Morgan fingerprint density at radius 2 is 2.00 bits per heavy atom. The van der Waals surface area contributed by atoms with Crippen LogP contribution in [0.3, 0.4) is 0 Å². The molecular weight excluding hydrogens is 277 g/mol. The molecule has 0 aliphatic heterocycles. The van der Waals surface area contributed by atoms with Crippen LogP contribution >= 0.6 is 0 Å². The summed E-state index contributed by atoms with van der Waals surface area (Å²) in [6.07, 6.45) is -0.894. The fourth-order valence-corrected chi connectivity index (χ4v) is 1.96. The van der Waals surface area contributed by atoms with E-state index in [2.05, 4.69) is 0 Å². The number of hydrogen-bond acceptors (Lipinski definition) is 4. The summed E-state index contributed by atoms with van der Waals surface area (Å²) in [6.45, 7) is 3.11. The molecule has 0 saturated carbocycles. The molecule has 0 aliphatic carbocycles.